The zero-order valence-corrected chi connectivity index (χ0v) is 13.1. The summed E-state index contributed by atoms with van der Waals surface area (Å²) < 4.78 is 0. The number of amides is 1. The Bertz CT molecular complexity index is 818. The third-order valence-electron chi connectivity index (χ3n) is 3.07. The topological polar surface area (TPSA) is 70.0 Å². The highest BCUT2D eigenvalue weighted by Crippen LogP contribution is 2.15. The van der Waals surface area contributed by atoms with Crippen molar-refractivity contribution in [3.05, 3.63) is 70.3 Å². The molecule has 0 aliphatic heterocycles. The lowest BCUT2D eigenvalue weighted by molar-refractivity contribution is -0.112. The molecule has 5 heteroatoms. The van der Waals surface area contributed by atoms with Crippen LogP contribution in [0.1, 0.15) is 22.8 Å². The molecule has 0 aliphatic carbocycles. The monoisotopic (exact) mass is 324 g/mol. The number of Topliss-reactive ketones (excluding diaryl/α,β-unsaturated/α-hetero) is 1. The van der Waals surface area contributed by atoms with Gasteiger partial charge in [0.15, 0.2) is 5.78 Å². The first-order chi connectivity index (χ1) is 11.0. The molecule has 0 bridgehead atoms. The maximum Gasteiger partial charge on any atom is 0.266 e. The molecule has 114 valence electrons. The summed E-state index contributed by atoms with van der Waals surface area (Å²) in [5, 5.41) is 12.4. The van der Waals surface area contributed by atoms with Gasteiger partial charge >= 0.3 is 0 Å². The first-order valence-electron chi connectivity index (χ1n) is 6.79. The van der Waals surface area contributed by atoms with E-state index >= 15 is 0 Å². The van der Waals surface area contributed by atoms with Crippen molar-refractivity contribution in [2.75, 3.05) is 5.32 Å². The third-order valence-corrected chi connectivity index (χ3v) is 3.33. The highest BCUT2D eigenvalue weighted by molar-refractivity contribution is 6.30. The number of benzene rings is 2. The minimum atomic E-state index is -0.539. The number of hydrogen-bond donors (Lipinski definition) is 1. The zero-order valence-electron chi connectivity index (χ0n) is 12.3. The van der Waals surface area contributed by atoms with Crippen LogP contribution in [-0.4, -0.2) is 11.7 Å². The smallest absolute Gasteiger partial charge is 0.266 e. The summed E-state index contributed by atoms with van der Waals surface area (Å²) in [5.74, 6) is -0.638. The number of rotatable bonds is 4. The number of anilines is 1. The van der Waals surface area contributed by atoms with Crippen LogP contribution in [0, 0.1) is 11.3 Å². The number of nitrogens with zero attached hydrogens (tertiary/aromatic N) is 1. The van der Waals surface area contributed by atoms with Gasteiger partial charge in [-0.3, -0.25) is 9.59 Å². The first kappa shape index (κ1) is 16.5. The van der Waals surface area contributed by atoms with Crippen molar-refractivity contribution in [1.29, 1.82) is 5.26 Å². The molecule has 0 heterocycles. The molecule has 0 saturated heterocycles. The summed E-state index contributed by atoms with van der Waals surface area (Å²) in [6.07, 6.45) is 1.47. The van der Waals surface area contributed by atoms with E-state index in [9.17, 15) is 14.9 Å². The molecule has 2 aromatic rings. The third kappa shape index (κ3) is 4.53. The Morgan fingerprint density at radius 2 is 1.87 bits per heavy atom. The normalized spacial score (nSPS) is 10.7. The van der Waals surface area contributed by atoms with Gasteiger partial charge in [-0.1, -0.05) is 35.9 Å². The van der Waals surface area contributed by atoms with Gasteiger partial charge in [-0.15, -0.1) is 0 Å². The van der Waals surface area contributed by atoms with Crippen molar-refractivity contribution in [1.82, 2.24) is 0 Å². The average molecular weight is 325 g/mol. The quantitative estimate of drug-likeness (QED) is 0.523. The second kappa shape index (κ2) is 7.39. The summed E-state index contributed by atoms with van der Waals surface area (Å²) >= 11 is 5.80. The number of halogens is 1. The predicted octanol–water partition coefficient (Wildman–Crippen LogP) is 4.09. The maximum absolute atomic E-state index is 12.2. The fourth-order valence-electron chi connectivity index (χ4n) is 1.89. The van der Waals surface area contributed by atoms with E-state index in [1.165, 1.54) is 13.0 Å². The molecule has 2 rings (SSSR count). The second-order valence-electron chi connectivity index (χ2n) is 4.81. The standard InChI is InChI=1S/C18H13ClN2O2/c1-12(22)14-3-2-4-17(10-14)21-18(23)15(11-20)9-13-5-7-16(19)8-6-13/h2-10H,1H3,(H,21,23)/b15-9+. The van der Waals surface area contributed by atoms with Crippen molar-refractivity contribution >= 4 is 35.1 Å². The number of hydrogen-bond acceptors (Lipinski definition) is 3. The summed E-state index contributed by atoms with van der Waals surface area (Å²) in [5.41, 5.74) is 1.60. The van der Waals surface area contributed by atoms with Crippen molar-refractivity contribution in [2.24, 2.45) is 0 Å². The van der Waals surface area contributed by atoms with Crippen molar-refractivity contribution in [2.45, 2.75) is 6.92 Å². The molecule has 0 aliphatic rings. The molecule has 0 aromatic heterocycles. The first-order valence-corrected chi connectivity index (χ1v) is 7.17. The molecular formula is C18H13ClN2O2. The molecule has 23 heavy (non-hydrogen) atoms. The summed E-state index contributed by atoms with van der Waals surface area (Å²) in [6.45, 7) is 1.45. The van der Waals surface area contributed by atoms with Crippen molar-refractivity contribution < 1.29 is 9.59 Å². The van der Waals surface area contributed by atoms with Gasteiger partial charge in [-0.05, 0) is 42.8 Å². The Morgan fingerprint density at radius 3 is 2.48 bits per heavy atom. The lowest BCUT2D eigenvalue weighted by atomic mass is 10.1. The molecule has 1 N–H and O–H groups in total. The van der Waals surface area contributed by atoms with Gasteiger partial charge in [-0.25, -0.2) is 0 Å². The average Bonchev–Trinajstić information content (AvgIpc) is 2.54. The van der Waals surface area contributed by atoms with Crippen LogP contribution in [0.3, 0.4) is 0 Å². The second-order valence-corrected chi connectivity index (χ2v) is 5.25. The van der Waals surface area contributed by atoms with Crippen LogP contribution in [-0.2, 0) is 4.79 Å². The van der Waals surface area contributed by atoms with Gasteiger partial charge in [0.2, 0.25) is 0 Å². The van der Waals surface area contributed by atoms with Crippen LogP contribution in [0.2, 0.25) is 5.02 Å². The number of nitrogens with one attached hydrogen (secondary N) is 1. The fraction of sp³-hybridized carbons (Fsp3) is 0.0556. The fourth-order valence-corrected chi connectivity index (χ4v) is 2.01. The van der Waals surface area contributed by atoms with Crippen LogP contribution in [0.4, 0.5) is 5.69 Å². The molecule has 0 radical (unpaired) electrons. The van der Waals surface area contributed by atoms with E-state index in [-0.39, 0.29) is 11.4 Å². The van der Waals surface area contributed by atoms with Crippen molar-refractivity contribution in [3.8, 4) is 6.07 Å². The van der Waals surface area contributed by atoms with E-state index in [0.717, 1.165) is 0 Å². The van der Waals surface area contributed by atoms with Crippen molar-refractivity contribution in [3.63, 3.8) is 0 Å². The van der Waals surface area contributed by atoms with E-state index in [2.05, 4.69) is 5.32 Å². The Labute approximate surface area is 139 Å². The summed E-state index contributed by atoms with van der Waals surface area (Å²) in [4.78, 5) is 23.5. The predicted molar refractivity (Wildman–Crippen MR) is 90.1 cm³/mol. The Hall–Kier alpha value is -2.90. The Morgan fingerprint density at radius 1 is 1.17 bits per heavy atom. The van der Waals surface area contributed by atoms with Gasteiger partial charge in [-0.2, -0.15) is 5.26 Å². The van der Waals surface area contributed by atoms with Crippen LogP contribution in [0.15, 0.2) is 54.1 Å². The number of carbonyl (C=O) groups is 2. The molecule has 0 unspecified atom stereocenters. The van der Waals surface area contributed by atoms with Gasteiger partial charge < -0.3 is 5.32 Å². The van der Waals surface area contributed by atoms with Crippen LogP contribution >= 0.6 is 11.6 Å². The maximum atomic E-state index is 12.2. The molecule has 0 atom stereocenters. The molecule has 1 amide bonds. The largest absolute Gasteiger partial charge is 0.321 e. The van der Waals surface area contributed by atoms with Gasteiger partial charge in [0, 0.05) is 16.3 Å². The molecule has 0 fully saturated rings. The van der Waals surface area contributed by atoms with E-state index < -0.39 is 5.91 Å². The van der Waals surface area contributed by atoms with Gasteiger partial charge in [0.25, 0.3) is 5.91 Å². The van der Waals surface area contributed by atoms with E-state index in [1.807, 2.05) is 6.07 Å². The summed E-state index contributed by atoms with van der Waals surface area (Å²) in [6, 6.07) is 15.2. The molecule has 4 nitrogen and oxygen atoms in total. The highest BCUT2D eigenvalue weighted by Gasteiger charge is 2.10. The molecule has 2 aromatic carbocycles. The van der Waals surface area contributed by atoms with Crippen LogP contribution in [0.25, 0.3) is 6.08 Å². The van der Waals surface area contributed by atoms with E-state index in [1.54, 1.807) is 48.5 Å². The minimum absolute atomic E-state index is 0.0412. The van der Waals surface area contributed by atoms with Gasteiger partial charge in [0.1, 0.15) is 11.6 Å². The Balaban J connectivity index is 2.21. The lowest BCUT2D eigenvalue weighted by Gasteiger charge is -2.05. The molecule has 0 saturated carbocycles. The number of carbonyl (C=O) groups excluding carboxylic acids is 2. The van der Waals surface area contributed by atoms with E-state index in [0.29, 0.717) is 21.8 Å². The van der Waals surface area contributed by atoms with E-state index in [4.69, 9.17) is 11.6 Å². The lowest BCUT2D eigenvalue weighted by Crippen LogP contribution is -2.13. The number of nitriles is 1. The highest BCUT2D eigenvalue weighted by atomic mass is 35.5. The Kier molecular flexibility index (Phi) is 5.29. The molecular weight excluding hydrogens is 312 g/mol. The van der Waals surface area contributed by atoms with Gasteiger partial charge in [0.05, 0.1) is 0 Å². The minimum Gasteiger partial charge on any atom is -0.321 e. The summed E-state index contributed by atoms with van der Waals surface area (Å²) in [7, 11) is 0. The SMILES string of the molecule is CC(=O)c1cccc(NC(=O)/C(C#N)=C/c2ccc(Cl)cc2)c1. The molecule has 0 spiro atoms. The van der Waals surface area contributed by atoms with Crippen LogP contribution < -0.4 is 5.32 Å². The zero-order chi connectivity index (χ0) is 16.8. The van der Waals surface area contributed by atoms with Crippen LogP contribution in [0.5, 0.6) is 0 Å². The number of ketones is 1.